The van der Waals surface area contributed by atoms with Crippen LogP contribution >= 0.6 is 11.8 Å². The van der Waals surface area contributed by atoms with Gasteiger partial charge in [0, 0.05) is 16.6 Å². The molecule has 0 aromatic heterocycles. The van der Waals surface area contributed by atoms with Gasteiger partial charge < -0.3 is 10.6 Å². The number of hydrogen-bond acceptors (Lipinski definition) is 3. The van der Waals surface area contributed by atoms with E-state index in [1.807, 2.05) is 63.2 Å². The van der Waals surface area contributed by atoms with Crippen LogP contribution in [0.15, 0.2) is 53.4 Å². The summed E-state index contributed by atoms with van der Waals surface area (Å²) in [4.78, 5) is 25.2. The largest absolute Gasteiger partial charge is 0.353 e. The Morgan fingerprint density at radius 3 is 2.42 bits per heavy atom. The molecule has 0 bridgehead atoms. The zero-order chi connectivity index (χ0) is 17.5. The van der Waals surface area contributed by atoms with Gasteiger partial charge in [0.1, 0.15) is 0 Å². The number of hydrogen-bond donors (Lipinski definition) is 2. The predicted molar refractivity (Wildman–Crippen MR) is 99.6 cm³/mol. The number of carbonyl (C=O) groups excluding carboxylic acids is 2. The lowest BCUT2D eigenvalue weighted by molar-refractivity contribution is -0.119. The molecule has 0 aliphatic rings. The standard InChI is InChI=1S/C19H22N2O2S/c1-13(2)20-18(22)12-24-17-11-7-5-9-15(17)19(23)21-16-10-6-4-8-14(16)3/h4-11,13H,12H2,1-3H3,(H,20,22)(H,21,23). The molecule has 0 aliphatic carbocycles. The highest BCUT2D eigenvalue weighted by molar-refractivity contribution is 8.00. The lowest BCUT2D eigenvalue weighted by Gasteiger charge is -2.12. The van der Waals surface area contributed by atoms with Crippen LogP contribution in [0.3, 0.4) is 0 Å². The van der Waals surface area contributed by atoms with Gasteiger partial charge in [-0.25, -0.2) is 0 Å². The summed E-state index contributed by atoms with van der Waals surface area (Å²) in [6, 6.07) is 15.1. The van der Waals surface area contributed by atoms with E-state index in [0.717, 1.165) is 16.1 Å². The van der Waals surface area contributed by atoms with Crippen molar-refractivity contribution in [2.24, 2.45) is 0 Å². The molecule has 2 aromatic carbocycles. The van der Waals surface area contributed by atoms with Gasteiger partial charge in [-0.3, -0.25) is 9.59 Å². The Morgan fingerprint density at radius 1 is 1.04 bits per heavy atom. The third-order valence-electron chi connectivity index (χ3n) is 3.33. The van der Waals surface area contributed by atoms with E-state index in [0.29, 0.717) is 5.56 Å². The summed E-state index contributed by atoms with van der Waals surface area (Å²) in [7, 11) is 0. The van der Waals surface area contributed by atoms with E-state index in [-0.39, 0.29) is 23.6 Å². The molecule has 24 heavy (non-hydrogen) atoms. The average Bonchev–Trinajstić information content (AvgIpc) is 2.54. The Bertz CT molecular complexity index is 729. The number of nitrogens with one attached hydrogen (secondary N) is 2. The Kier molecular flexibility index (Phi) is 6.44. The number of anilines is 1. The minimum absolute atomic E-state index is 0.0379. The minimum atomic E-state index is -0.170. The molecule has 2 amide bonds. The molecule has 0 atom stereocenters. The molecule has 2 rings (SSSR count). The second-order valence-electron chi connectivity index (χ2n) is 5.78. The van der Waals surface area contributed by atoms with Gasteiger partial charge in [-0.2, -0.15) is 0 Å². The molecule has 4 nitrogen and oxygen atoms in total. The van der Waals surface area contributed by atoms with Crippen LogP contribution in [-0.4, -0.2) is 23.6 Å². The first-order valence-electron chi connectivity index (χ1n) is 7.85. The molecular weight excluding hydrogens is 320 g/mol. The Hall–Kier alpha value is -2.27. The minimum Gasteiger partial charge on any atom is -0.353 e. The van der Waals surface area contributed by atoms with E-state index >= 15 is 0 Å². The fourth-order valence-electron chi connectivity index (χ4n) is 2.19. The molecule has 2 N–H and O–H groups in total. The fourth-order valence-corrected chi connectivity index (χ4v) is 3.05. The topological polar surface area (TPSA) is 58.2 Å². The molecular formula is C19H22N2O2S. The summed E-state index contributed by atoms with van der Waals surface area (Å²) < 4.78 is 0. The van der Waals surface area contributed by atoms with Gasteiger partial charge in [0.15, 0.2) is 0 Å². The third-order valence-corrected chi connectivity index (χ3v) is 4.41. The van der Waals surface area contributed by atoms with Crippen molar-refractivity contribution in [3.05, 3.63) is 59.7 Å². The van der Waals surface area contributed by atoms with E-state index in [1.54, 1.807) is 6.07 Å². The Balaban J connectivity index is 2.09. The van der Waals surface area contributed by atoms with Crippen molar-refractivity contribution in [1.82, 2.24) is 5.32 Å². The summed E-state index contributed by atoms with van der Waals surface area (Å²) in [5, 5.41) is 5.78. The number of carbonyl (C=O) groups is 2. The fraction of sp³-hybridized carbons (Fsp3) is 0.263. The van der Waals surface area contributed by atoms with E-state index in [9.17, 15) is 9.59 Å². The van der Waals surface area contributed by atoms with Gasteiger partial charge in [0.05, 0.1) is 11.3 Å². The second-order valence-corrected chi connectivity index (χ2v) is 6.79. The van der Waals surface area contributed by atoms with E-state index in [4.69, 9.17) is 0 Å². The van der Waals surface area contributed by atoms with Crippen molar-refractivity contribution in [2.45, 2.75) is 31.7 Å². The van der Waals surface area contributed by atoms with Crippen molar-refractivity contribution in [3.8, 4) is 0 Å². The highest BCUT2D eigenvalue weighted by Gasteiger charge is 2.14. The number of para-hydroxylation sites is 1. The van der Waals surface area contributed by atoms with Crippen LogP contribution in [0, 0.1) is 6.92 Å². The monoisotopic (exact) mass is 342 g/mol. The normalized spacial score (nSPS) is 10.5. The number of benzene rings is 2. The van der Waals surface area contributed by atoms with Crippen LogP contribution in [0.4, 0.5) is 5.69 Å². The summed E-state index contributed by atoms with van der Waals surface area (Å²) in [6.45, 7) is 5.80. The van der Waals surface area contributed by atoms with Crippen molar-refractivity contribution >= 4 is 29.3 Å². The lowest BCUT2D eigenvalue weighted by atomic mass is 10.1. The molecule has 0 saturated carbocycles. The van der Waals surface area contributed by atoms with Crippen molar-refractivity contribution in [3.63, 3.8) is 0 Å². The van der Waals surface area contributed by atoms with Crippen LogP contribution in [0.2, 0.25) is 0 Å². The molecule has 126 valence electrons. The molecule has 5 heteroatoms. The predicted octanol–water partition coefficient (Wildman–Crippen LogP) is 3.86. The van der Waals surface area contributed by atoms with E-state index < -0.39 is 0 Å². The van der Waals surface area contributed by atoms with Gasteiger partial charge in [-0.15, -0.1) is 11.8 Å². The van der Waals surface area contributed by atoms with Crippen molar-refractivity contribution in [2.75, 3.05) is 11.1 Å². The highest BCUT2D eigenvalue weighted by atomic mass is 32.2. The molecule has 0 radical (unpaired) electrons. The SMILES string of the molecule is Cc1ccccc1NC(=O)c1ccccc1SCC(=O)NC(C)C. The lowest BCUT2D eigenvalue weighted by Crippen LogP contribution is -2.31. The summed E-state index contributed by atoms with van der Waals surface area (Å²) >= 11 is 1.37. The highest BCUT2D eigenvalue weighted by Crippen LogP contribution is 2.24. The van der Waals surface area contributed by atoms with Crippen LogP contribution in [0.1, 0.15) is 29.8 Å². The van der Waals surface area contributed by atoms with Gasteiger partial charge in [0.2, 0.25) is 5.91 Å². The first kappa shape index (κ1) is 18.1. The van der Waals surface area contributed by atoms with Gasteiger partial charge in [-0.1, -0.05) is 30.3 Å². The molecule has 0 saturated heterocycles. The molecule has 0 spiro atoms. The zero-order valence-electron chi connectivity index (χ0n) is 14.1. The molecule has 0 unspecified atom stereocenters. The third kappa shape index (κ3) is 5.13. The first-order chi connectivity index (χ1) is 11.5. The van der Waals surface area contributed by atoms with Gasteiger partial charge >= 0.3 is 0 Å². The van der Waals surface area contributed by atoms with Crippen LogP contribution in [0.25, 0.3) is 0 Å². The van der Waals surface area contributed by atoms with E-state index in [1.165, 1.54) is 11.8 Å². The molecule has 0 fully saturated rings. The van der Waals surface area contributed by atoms with Gasteiger partial charge in [0.25, 0.3) is 5.91 Å². The molecule has 2 aromatic rings. The van der Waals surface area contributed by atoms with Crippen LogP contribution in [0.5, 0.6) is 0 Å². The number of thioether (sulfide) groups is 1. The first-order valence-corrected chi connectivity index (χ1v) is 8.84. The molecule has 0 aliphatic heterocycles. The Morgan fingerprint density at radius 2 is 1.71 bits per heavy atom. The van der Waals surface area contributed by atoms with Crippen molar-refractivity contribution < 1.29 is 9.59 Å². The Labute approximate surface area is 147 Å². The summed E-state index contributed by atoms with van der Waals surface area (Å²) in [5.41, 5.74) is 2.37. The maximum absolute atomic E-state index is 12.6. The van der Waals surface area contributed by atoms with Crippen molar-refractivity contribution in [1.29, 1.82) is 0 Å². The number of rotatable bonds is 6. The summed E-state index contributed by atoms with van der Waals surface area (Å²) in [6.07, 6.45) is 0. The second kappa shape index (κ2) is 8.55. The number of aryl methyl sites for hydroxylation is 1. The maximum Gasteiger partial charge on any atom is 0.256 e. The quantitative estimate of drug-likeness (QED) is 0.784. The smallest absolute Gasteiger partial charge is 0.256 e. The zero-order valence-corrected chi connectivity index (χ0v) is 14.9. The van der Waals surface area contributed by atoms with E-state index in [2.05, 4.69) is 10.6 Å². The van der Waals surface area contributed by atoms with Crippen LogP contribution in [-0.2, 0) is 4.79 Å². The molecule has 0 heterocycles. The summed E-state index contributed by atoms with van der Waals surface area (Å²) in [5.74, 6) is 0.0770. The number of amides is 2. The maximum atomic E-state index is 12.6. The van der Waals surface area contributed by atoms with Gasteiger partial charge in [-0.05, 0) is 44.5 Å². The van der Waals surface area contributed by atoms with Crippen LogP contribution < -0.4 is 10.6 Å². The average molecular weight is 342 g/mol.